The van der Waals surface area contributed by atoms with Crippen LogP contribution in [0.3, 0.4) is 0 Å². The molecule has 0 fully saturated rings. The van der Waals surface area contributed by atoms with Crippen molar-refractivity contribution in [2.75, 3.05) is 7.11 Å². The lowest BCUT2D eigenvalue weighted by atomic mass is 10.2. The van der Waals surface area contributed by atoms with E-state index in [1.165, 1.54) is 6.07 Å². The van der Waals surface area contributed by atoms with E-state index in [1.54, 1.807) is 18.0 Å². The van der Waals surface area contributed by atoms with Crippen LogP contribution < -0.4 is 10.2 Å². The minimum Gasteiger partial charge on any atom is -0.497 e. The molecule has 2 aromatic heterocycles. The Hall–Kier alpha value is -3.26. The van der Waals surface area contributed by atoms with Crippen molar-refractivity contribution in [1.29, 1.82) is 0 Å². The zero-order chi connectivity index (χ0) is 18.8. The van der Waals surface area contributed by atoms with E-state index in [1.807, 2.05) is 48.5 Å². The maximum Gasteiger partial charge on any atom is 0.282 e. The van der Waals surface area contributed by atoms with E-state index in [-0.39, 0.29) is 17.0 Å². The maximum atomic E-state index is 12.3. The highest BCUT2D eigenvalue weighted by atomic mass is 79.9. The van der Waals surface area contributed by atoms with Gasteiger partial charge in [0.2, 0.25) is 11.3 Å². The summed E-state index contributed by atoms with van der Waals surface area (Å²) in [5, 5.41) is 8.31. The van der Waals surface area contributed by atoms with Crippen LogP contribution in [-0.2, 0) is 0 Å². The molecular formula is C19H13BrN4O3. The van der Waals surface area contributed by atoms with Crippen LogP contribution in [0.4, 0.5) is 0 Å². The average Bonchev–Trinajstić information content (AvgIpc) is 3.19. The summed E-state index contributed by atoms with van der Waals surface area (Å²) in [6.45, 7) is 0. The summed E-state index contributed by atoms with van der Waals surface area (Å²) >= 11 is 3.38. The van der Waals surface area contributed by atoms with Crippen LogP contribution in [0.5, 0.6) is 5.75 Å². The summed E-state index contributed by atoms with van der Waals surface area (Å²) < 4.78 is 13.0. The molecule has 0 aliphatic rings. The molecule has 0 saturated heterocycles. The lowest BCUT2D eigenvalue weighted by Gasteiger charge is -2.07. The zero-order valence-electron chi connectivity index (χ0n) is 14.2. The Morgan fingerprint density at radius 3 is 2.70 bits per heavy atom. The monoisotopic (exact) mass is 424 g/mol. The van der Waals surface area contributed by atoms with E-state index in [4.69, 9.17) is 9.26 Å². The van der Waals surface area contributed by atoms with Gasteiger partial charge in [0, 0.05) is 28.4 Å². The molecule has 7 nitrogen and oxygen atoms in total. The predicted octanol–water partition coefficient (Wildman–Crippen LogP) is 3.72. The SMILES string of the molecule is COc1cccc(-n2ccc(=O)c(-c3nc(-c4ccc(Br)cc4)no3)n2)c1. The molecule has 4 aromatic rings. The van der Waals surface area contributed by atoms with Gasteiger partial charge in [0.15, 0.2) is 5.69 Å². The van der Waals surface area contributed by atoms with Gasteiger partial charge in [-0.05, 0) is 36.4 Å². The lowest BCUT2D eigenvalue weighted by Crippen LogP contribution is -2.12. The van der Waals surface area contributed by atoms with Gasteiger partial charge in [-0.15, -0.1) is 0 Å². The van der Waals surface area contributed by atoms with Crippen molar-refractivity contribution in [3.63, 3.8) is 0 Å². The van der Waals surface area contributed by atoms with Gasteiger partial charge in [-0.2, -0.15) is 10.1 Å². The Morgan fingerprint density at radius 2 is 1.93 bits per heavy atom. The smallest absolute Gasteiger partial charge is 0.282 e. The van der Waals surface area contributed by atoms with Crippen LogP contribution >= 0.6 is 15.9 Å². The van der Waals surface area contributed by atoms with E-state index in [0.29, 0.717) is 11.6 Å². The second-order valence-electron chi connectivity index (χ2n) is 5.60. The lowest BCUT2D eigenvalue weighted by molar-refractivity contribution is 0.414. The van der Waals surface area contributed by atoms with Gasteiger partial charge in [-0.3, -0.25) is 4.79 Å². The van der Waals surface area contributed by atoms with Crippen LogP contribution in [-0.4, -0.2) is 27.0 Å². The van der Waals surface area contributed by atoms with Crippen molar-refractivity contribution in [2.45, 2.75) is 0 Å². The molecule has 0 bridgehead atoms. The Bertz CT molecular complexity index is 1150. The van der Waals surface area contributed by atoms with Crippen molar-refractivity contribution >= 4 is 15.9 Å². The van der Waals surface area contributed by atoms with Gasteiger partial charge >= 0.3 is 0 Å². The molecule has 0 N–H and O–H groups in total. The van der Waals surface area contributed by atoms with Crippen molar-refractivity contribution in [3.8, 4) is 34.4 Å². The summed E-state index contributed by atoms with van der Waals surface area (Å²) in [5.74, 6) is 1.13. The molecule has 0 atom stereocenters. The molecule has 0 unspecified atom stereocenters. The average molecular weight is 425 g/mol. The fraction of sp³-hybridized carbons (Fsp3) is 0.0526. The molecule has 0 spiro atoms. The van der Waals surface area contributed by atoms with Crippen molar-refractivity contribution in [3.05, 3.63) is 75.5 Å². The van der Waals surface area contributed by atoms with E-state index < -0.39 is 0 Å². The number of aromatic nitrogens is 4. The zero-order valence-corrected chi connectivity index (χ0v) is 15.8. The highest BCUT2D eigenvalue weighted by molar-refractivity contribution is 9.10. The third-order valence-electron chi connectivity index (χ3n) is 3.86. The molecule has 2 heterocycles. The first kappa shape index (κ1) is 17.2. The van der Waals surface area contributed by atoms with Gasteiger partial charge in [0.05, 0.1) is 12.8 Å². The first-order valence-corrected chi connectivity index (χ1v) is 8.78. The summed E-state index contributed by atoms with van der Waals surface area (Å²) in [6.07, 6.45) is 1.58. The number of hydrogen-bond donors (Lipinski definition) is 0. The highest BCUT2D eigenvalue weighted by Gasteiger charge is 2.16. The standard InChI is InChI=1S/C19H13BrN4O3/c1-26-15-4-2-3-14(11-15)24-10-9-16(25)17(22-24)19-21-18(23-27-19)12-5-7-13(20)8-6-12/h2-11H,1H3. The highest BCUT2D eigenvalue weighted by Crippen LogP contribution is 2.22. The quantitative estimate of drug-likeness (QED) is 0.496. The molecule has 0 amide bonds. The van der Waals surface area contributed by atoms with Crippen LogP contribution in [0.2, 0.25) is 0 Å². The van der Waals surface area contributed by atoms with E-state index >= 15 is 0 Å². The van der Waals surface area contributed by atoms with Gasteiger partial charge in [0.1, 0.15) is 5.75 Å². The molecule has 0 saturated carbocycles. The fourth-order valence-corrected chi connectivity index (χ4v) is 2.75. The second kappa shape index (κ2) is 7.16. The van der Waals surface area contributed by atoms with Crippen LogP contribution in [0.1, 0.15) is 0 Å². The molecular weight excluding hydrogens is 412 g/mol. The molecule has 0 radical (unpaired) electrons. The first-order chi connectivity index (χ1) is 13.1. The van der Waals surface area contributed by atoms with Gasteiger partial charge in [0.25, 0.3) is 5.89 Å². The minimum atomic E-state index is -0.305. The fourth-order valence-electron chi connectivity index (χ4n) is 2.49. The topological polar surface area (TPSA) is 83.0 Å². The van der Waals surface area contributed by atoms with Gasteiger partial charge in [-0.1, -0.05) is 27.2 Å². The predicted molar refractivity (Wildman–Crippen MR) is 103 cm³/mol. The number of benzene rings is 2. The molecule has 134 valence electrons. The van der Waals surface area contributed by atoms with Crippen LogP contribution in [0.15, 0.2) is 74.6 Å². The summed E-state index contributed by atoms with van der Waals surface area (Å²) in [4.78, 5) is 16.6. The normalized spacial score (nSPS) is 10.7. The van der Waals surface area contributed by atoms with Crippen molar-refractivity contribution in [2.24, 2.45) is 0 Å². The Morgan fingerprint density at radius 1 is 1.11 bits per heavy atom. The molecule has 27 heavy (non-hydrogen) atoms. The number of halogens is 1. The number of methoxy groups -OCH3 is 1. The van der Waals surface area contributed by atoms with Gasteiger partial charge in [-0.25, -0.2) is 4.68 Å². The molecule has 0 aliphatic carbocycles. The second-order valence-corrected chi connectivity index (χ2v) is 6.52. The molecule has 0 aliphatic heterocycles. The Labute approximate surface area is 162 Å². The maximum absolute atomic E-state index is 12.3. The number of ether oxygens (including phenoxy) is 1. The van der Waals surface area contributed by atoms with Crippen LogP contribution in [0.25, 0.3) is 28.7 Å². The number of rotatable bonds is 4. The first-order valence-electron chi connectivity index (χ1n) is 7.98. The molecule has 8 heteroatoms. The number of hydrogen-bond acceptors (Lipinski definition) is 6. The van der Waals surface area contributed by atoms with E-state index in [0.717, 1.165) is 15.7 Å². The summed E-state index contributed by atoms with van der Waals surface area (Å²) in [5.41, 5.74) is 1.29. The number of nitrogens with zero attached hydrogens (tertiary/aromatic N) is 4. The van der Waals surface area contributed by atoms with E-state index in [2.05, 4.69) is 31.2 Å². The summed E-state index contributed by atoms with van der Waals surface area (Å²) in [7, 11) is 1.59. The Kier molecular flexibility index (Phi) is 4.55. The molecule has 4 rings (SSSR count). The van der Waals surface area contributed by atoms with Crippen LogP contribution in [0, 0.1) is 0 Å². The van der Waals surface area contributed by atoms with Crippen molar-refractivity contribution in [1.82, 2.24) is 19.9 Å². The van der Waals surface area contributed by atoms with Crippen molar-refractivity contribution < 1.29 is 9.26 Å². The largest absolute Gasteiger partial charge is 0.497 e. The van der Waals surface area contributed by atoms with E-state index in [9.17, 15) is 4.79 Å². The molecule has 2 aromatic carbocycles. The Balaban J connectivity index is 1.74. The minimum absolute atomic E-state index is 0.0650. The van der Waals surface area contributed by atoms with Gasteiger partial charge < -0.3 is 9.26 Å². The third-order valence-corrected chi connectivity index (χ3v) is 4.39. The third kappa shape index (κ3) is 3.52. The summed E-state index contributed by atoms with van der Waals surface area (Å²) in [6, 6.07) is 16.2.